The van der Waals surface area contributed by atoms with Gasteiger partial charge >= 0.3 is 0 Å². The van der Waals surface area contributed by atoms with Gasteiger partial charge in [0.1, 0.15) is 18.2 Å². The number of rotatable bonds is 7. The molecule has 0 bridgehead atoms. The number of carbonyl (C=O) groups excluding carboxylic acids is 2. The molecular weight excluding hydrogens is 421 g/mol. The SMILES string of the molecule is CCC(=O)c1cnc(CC(=O)C2CC2)c2[nH]c(-c3cccc(C4=NC(C)(C)CO4)c3F)cc12. The zero-order valence-corrected chi connectivity index (χ0v) is 19.0. The third-order valence-electron chi connectivity index (χ3n) is 6.23. The Hall–Kier alpha value is -3.35. The molecule has 5 rings (SSSR count). The zero-order valence-electron chi connectivity index (χ0n) is 19.0. The van der Waals surface area contributed by atoms with Crippen molar-refractivity contribution >= 4 is 28.4 Å². The monoisotopic (exact) mass is 447 g/mol. The highest BCUT2D eigenvalue weighted by Crippen LogP contribution is 2.34. The Balaban J connectivity index is 1.62. The van der Waals surface area contributed by atoms with E-state index in [1.165, 1.54) is 6.20 Å². The van der Waals surface area contributed by atoms with Crippen molar-refractivity contribution in [2.75, 3.05) is 6.61 Å². The number of carbonyl (C=O) groups is 2. The molecule has 0 atom stereocenters. The second-order valence-electron chi connectivity index (χ2n) is 9.47. The molecule has 1 aliphatic carbocycles. The summed E-state index contributed by atoms with van der Waals surface area (Å²) in [4.78, 5) is 37.2. The molecular formula is C26H26FN3O3. The van der Waals surface area contributed by atoms with E-state index in [9.17, 15) is 9.59 Å². The van der Waals surface area contributed by atoms with Crippen LogP contribution in [0.2, 0.25) is 0 Å². The molecule has 170 valence electrons. The van der Waals surface area contributed by atoms with Crippen molar-refractivity contribution in [3.8, 4) is 11.3 Å². The Kier molecular flexibility index (Phi) is 5.15. The average Bonchev–Trinajstić information content (AvgIpc) is 3.45. The molecule has 0 amide bonds. The van der Waals surface area contributed by atoms with Gasteiger partial charge in [0.25, 0.3) is 0 Å². The number of nitrogens with one attached hydrogen (secondary N) is 1. The summed E-state index contributed by atoms with van der Waals surface area (Å²) in [5.74, 6) is 0.0471. The summed E-state index contributed by atoms with van der Waals surface area (Å²) in [6.07, 6.45) is 3.91. The second-order valence-corrected chi connectivity index (χ2v) is 9.47. The van der Waals surface area contributed by atoms with Gasteiger partial charge in [-0.1, -0.05) is 13.0 Å². The van der Waals surface area contributed by atoms with Crippen LogP contribution in [0.5, 0.6) is 0 Å². The maximum absolute atomic E-state index is 15.6. The Bertz CT molecular complexity index is 1320. The number of benzene rings is 1. The Morgan fingerprint density at radius 1 is 1.24 bits per heavy atom. The third kappa shape index (κ3) is 3.96. The van der Waals surface area contributed by atoms with Crippen LogP contribution in [0.15, 0.2) is 35.5 Å². The van der Waals surface area contributed by atoms with Crippen LogP contribution in [0.1, 0.15) is 61.6 Å². The molecule has 0 saturated heterocycles. The number of halogens is 1. The lowest BCUT2D eigenvalue weighted by molar-refractivity contribution is -0.119. The summed E-state index contributed by atoms with van der Waals surface area (Å²) in [5.41, 5.74) is 2.42. The van der Waals surface area contributed by atoms with Crippen LogP contribution in [0, 0.1) is 11.7 Å². The number of aromatic amines is 1. The van der Waals surface area contributed by atoms with Crippen molar-refractivity contribution in [1.82, 2.24) is 9.97 Å². The molecule has 6 nitrogen and oxygen atoms in total. The quantitative estimate of drug-likeness (QED) is 0.515. The predicted octanol–water partition coefficient (Wildman–Crippen LogP) is 5.04. The van der Waals surface area contributed by atoms with Crippen molar-refractivity contribution in [3.63, 3.8) is 0 Å². The lowest BCUT2D eigenvalue weighted by Crippen LogP contribution is -2.17. The van der Waals surface area contributed by atoms with Crippen LogP contribution < -0.4 is 0 Å². The van der Waals surface area contributed by atoms with Crippen LogP contribution in [0.4, 0.5) is 4.39 Å². The molecule has 1 aliphatic heterocycles. The molecule has 3 aromatic rings. The first-order valence-corrected chi connectivity index (χ1v) is 11.4. The van der Waals surface area contributed by atoms with E-state index < -0.39 is 11.4 Å². The molecule has 2 aliphatic rings. The van der Waals surface area contributed by atoms with Crippen molar-refractivity contribution in [2.24, 2.45) is 10.9 Å². The average molecular weight is 448 g/mol. The standard InChI is InChI=1S/C26H26FN3O3/c1-4-21(31)18-12-28-20(11-22(32)14-8-9-14)24-17(18)10-19(29-24)15-6-5-7-16(23(15)27)25-30-26(2,3)13-33-25/h5-7,10,12,14,29H,4,8-9,11,13H2,1-3H3. The van der Waals surface area contributed by atoms with E-state index in [0.717, 1.165) is 12.8 Å². The first kappa shape index (κ1) is 21.5. The van der Waals surface area contributed by atoms with Crippen molar-refractivity contribution in [2.45, 2.75) is 52.0 Å². The Morgan fingerprint density at radius 3 is 2.67 bits per heavy atom. The van der Waals surface area contributed by atoms with Crippen molar-refractivity contribution in [3.05, 3.63) is 53.1 Å². The highest BCUT2D eigenvalue weighted by molar-refractivity contribution is 6.09. The van der Waals surface area contributed by atoms with E-state index in [0.29, 0.717) is 52.0 Å². The van der Waals surface area contributed by atoms with E-state index in [1.807, 2.05) is 13.8 Å². The highest BCUT2D eigenvalue weighted by atomic mass is 19.1. The maximum Gasteiger partial charge on any atom is 0.219 e. The smallest absolute Gasteiger partial charge is 0.219 e. The molecule has 3 heterocycles. The van der Waals surface area contributed by atoms with Gasteiger partial charge in [-0.05, 0) is 44.9 Å². The van der Waals surface area contributed by atoms with E-state index in [1.54, 1.807) is 31.2 Å². The molecule has 1 aromatic carbocycles. The summed E-state index contributed by atoms with van der Waals surface area (Å²) in [6, 6.07) is 6.85. The topological polar surface area (TPSA) is 84.4 Å². The number of ether oxygens (including phenoxy) is 1. The van der Waals surface area contributed by atoms with Gasteiger partial charge in [-0.25, -0.2) is 9.38 Å². The van der Waals surface area contributed by atoms with Gasteiger partial charge in [0.2, 0.25) is 5.90 Å². The normalized spacial score (nSPS) is 17.2. The fourth-order valence-corrected chi connectivity index (χ4v) is 4.21. The number of H-pyrrole nitrogens is 1. The number of nitrogens with zero attached hydrogens (tertiary/aromatic N) is 2. The lowest BCUT2D eigenvalue weighted by Gasteiger charge is -2.07. The lowest BCUT2D eigenvalue weighted by atomic mass is 10.0. The molecule has 1 saturated carbocycles. The first-order valence-electron chi connectivity index (χ1n) is 11.4. The number of Topliss-reactive ketones (excluding diaryl/α,β-unsaturated/α-hetero) is 2. The summed E-state index contributed by atoms with van der Waals surface area (Å²) in [5, 5.41) is 0.658. The molecule has 7 heteroatoms. The van der Waals surface area contributed by atoms with Gasteiger partial charge in [-0.2, -0.15) is 0 Å². The van der Waals surface area contributed by atoms with Crippen molar-refractivity contribution in [1.29, 1.82) is 0 Å². The van der Waals surface area contributed by atoms with Gasteiger partial charge in [-0.15, -0.1) is 0 Å². The minimum atomic E-state index is -0.451. The summed E-state index contributed by atoms with van der Waals surface area (Å²) in [7, 11) is 0. The Labute approximate surface area is 191 Å². The number of ketones is 2. The van der Waals surface area contributed by atoms with E-state index in [-0.39, 0.29) is 29.8 Å². The number of aliphatic imine (C=N–C) groups is 1. The summed E-state index contributed by atoms with van der Waals surface area (Å²) in [6.45, 7) is 6.05. The molecule has 33 heavy (non-hydrogen) atoms. The molecule has 1 fully saturated rings. The largest absolute Gasteiger partial charge is 0.475 e. The van der Waals surface area contributed by atoms with Crippen LogP contribution in [0.3, 0.4) is 0 Å². The summed E-state index contributed by atoms with van der Waals surface area (Å²) < 4.78 is 21.3. The number of hydrogen-bond acceptors (Lipinski definition) is 5. The number of fused-ring (bicyclic) bond motifs is 1. The van der Waals surface area contributed by atoms with Crippen LogP contribution >= 0.6 is 0 Å². The van der Waals surface area contributed by atoms with Gasteiger partial charge in [0, 0.05) is 40.7 Å². The molecule has 0 spiro atoms. The van der Waals surface area contributed by atoms with Crippen LogP contribution in [-0.4, -0.2) is 39.6 Å². The summed E-state index contributed by atoms with van der Waals surface area (Å²) >= 11 is 0. The molecule has 1 N–H and O–H groups in total. The minimum Gasteiger partial charge on any atom is -0.475 e. The van der Waals surface area contributed by atoms with Crippen LogP contribution in [0.25, 0.3) is 22.2 Å². The maximum atomic E-state index is 15.6. The van der Waals surface area contributed by atoms with Crippen LogP contribution in [-0.2, 0) is 16.0 Å². The molecule has 0 radical (unpaired) electrons. The highest BCUT2D eigenvalue weighted by Gasteiger charge is 2.31. The van der Waals surface area contributed by atoms with E-state index in [4.69, 9.17) is 4.74 Å². The third-order valence-corrected chi connectivity index (χ3v) is 6.23. The van der Waals surface area contributed by atoms with E-state index in [2.05, 4.69) is 15.0 Å². The number of hydrogen-bond donors (Lipinski definition) is 1. The van der Waals surface area contributed by atoms with Crippen molar-refractivity contribution < 1.29 is 18.7 Å². The zero-order chi connectivity index (χ0) is 23.3. The fourth-order valence-electron chi connectivity index (χ4n) is 4.21. The van der Waals surface area contributed by atoms with Gasteiger partial charge in [-0.3, -0.25) is 14.6 Å². The first-order chi connectivity index (χ1) is 15.8. The number of pyridine rings is 1. The fraction of sp³-hybridized carbons (Fsp3) is 0.385. The van der Waals surface area contributed by atoms with Gasteiger partial charge in [0.05, 0.1) is 28.7 Å². The second kappa shape index (κ2) is 7.90. The van der Waals surface area contributed by atoms with Gasteiger partial charge in [0.15, 0.2) is 5.78 Å². The number of aromatic nitrogens is 2. The predicted molar refractivity (Wildman–Crippen MR) is 124 cm³/mol. The Morgan fingerprint density at radius 2 is 2.00 bits per heavy atom. The molecule has 2 aromatic heterocycles. The van der Waals surface area contributed by atoms with Gasteiger partial charge < -0.3 is 9.72 Å². The van der Waals surface area contributed by atoms with E-state index >= 15 is 4.39 Å². The molecule has 0 unspecified atom stereocenters. The minimum absolute atomic E-state index is 0.0525.